The van der Waals surface area contributed by atoms with E-state index in [1.54, 1.807) is 32.5 Å². The van der Waals surface area contributed by atoms with Gasteiger partial charge in [0.15, 0.2) is 5.88 Å². The Balaban J connectivity index is 2.02. The van der Waals surface area contributed by atoms with Gasteiger partial charge in [0, 0.05) is 30.9 Å². The molecule has 3 rings (SSSR count). The molecular formula is C17H21N5O4. The minimum absolute atomic E-state index is 0.0816. The van der Waals surface area contributed by atoms with Gasteiger partial charge in [0.25, 0.3) is 5.91 Å². The molecule has 0 radical (unpaired) electrons. The van der Waals surface area contributed by atoms with Gasteiger partial charge in [-0.05, 0) is 6.92 Å². The van der Waals surface area contributed by atoms with Gasteiger partial charge in [0.05, 0.1) is 43.4 Å². The molecule has 3 heterocycles. The Kier molecular flexibility index (Phi) is 5.08. The quantitative estimate of drug-likeness (QED) is 0.598. The third kappa shape index (κ3) is 3.33. The van der Waals surface area contributed by atoms with Gasteiger partial charge in [0.1, 0.15) is 11.3 Å². The van der Waals surface area contributed by atoms with Gasteiger partial charge in [-0.1, -0.05) is 0 Å². The summed E-state index contributed by atoms with van der Waals surface area (Å²) in [4.78, 5) is 21.1. The van der Waals surface area contributed by atoms with Gasteiger partial charge in [0.2, 0.25) is 0 Å². The number of aliphatic hydroxyl groups is 2. The number of fused-ring (bicyclic) bond motifs is 1. The molecule has 0 spiro atoms. The van der Waals surface area contributed by atoms with Gasteiger partial charge >= 0.3 is 0 Å². The van der Waals surface area contributed by atoms with Gasteiger partial charge < -0.3 is 30.2 Å². The number of hydrogen-bond acceptors (Lipinski definition) is 7. The molecule has 1 aliphatic heterocycles. The molecule has 0 aliphatic carbocycles. The second-order valence-corrected chi connectivity index (χ2v) is 5.89. The molecule has 26 heavy (non-hydrogen) atoms. The van der Waals surface area contributed by atoms with Crippen LogP contribution < -0.4 is 15.4 Å². The lowest BCUT2D eigenvalue weighted by atomic mass is 10.1. The number of hydrogen-bond donors (Lipinski definition) is 4. The average Bonchev–Trinajstić information content (AvgIpc) is 3.01. The molecule has 1 unspecified atom stereocenters. The Labute approximate surface area is 150 Å². The molecule has 9 heteroatoms. The Morgan fingerprint density at radius 1 is 1.50 bits per heavy atom. The van der Waals surface area contributed by atoms with Crippen LogP contribution in [0.3, 0.4) is 0 Å². The lowest BCUT2D eigenvalue weighted by Crippen LogP contribution is -2.27. The highest BCUT2D eigenvalue weighted by molar-refractivity contribution is 6.05. The van der Waals surface area contributed by atoms with Crippen molar-refractivity contribution in [2.24, 2.45) is 4.99 Å². The fraction of sp³-hybridized carbons (Fsp3) is 0.353. The zero-order valence-electron chi connectivity index (χ0n) is 14.6. The Bertz CT molecular complexity index is 887. The third-order valence-corrected chi connectivity index (χ3v) is 4.27. The van der Waals surface area contributed by atoms with Crippen LogP contribution in [0.2, 0.25) is 0 Å². The summed E-state index contributed by atoms with van der Waals surface area (Å²) in [6.45, 7) is 2.24. The first-order valence-electron chi connectivity index (χ1n) is 8.15. The molecule has 2 aromatic heterocycles. The number of carbonyl (C=O) groups excluding carboxylic acids is 1. The van der Waals surface area contributed by atoms with Crippen LogP contribution in [0.25, 0.3) is 11.0 Å². The first-order valence-corrected chi connectivity index (χ1v) is 8.15. The summed E-state index contributed by atoms with van der Waals surface area (Å²) in [7, 11) is 1.55. The number of rotatable bonds is 6. The van der Waals surface area contributed by atoms with Crippen molar-refractivity contribution in [1.29, 1.82) is 0 Å². The summed E-state index contributed by atoms with van der Waals surface area (Å²) in [5, 5.41) is 24.1. The maximum Gasteiger partial charge on any atom is 0.255 e. The minimum atomic E-state index is -0.315. The lowest BCUT2D eigenvalue weighted by Gasteiger charge is -2.20. The number of nitrogens with one attached hydrogen (secondary N) is 2. The van der Waals surface area contributed by atoms with Gasteiger partial charge in [-0.15, -0.1) is 0 Å². The van der Waals surface area contributed by atoms with E-state index in [4.69, 9.17) is 9.84 Å². The largest absolute Gasteiger partial charge is 0.495 e. The molecule has 0 saturated carbocycles. The molecule has 138 valence electrons. The number of methoxy groups -OCH3 is 1. The van der Waals surface area contributed by atoms with E-state index in [1.807, 2.05) is 4.57 Å². The smallest absolute Gasteiger partial charge is 0.255 e. The molecule has 0 saturated heterocycles. The van der Waals surface area contributed by atoms with Crippen LogP contribution in [0.4, 0.5) is 0 Å². The van der Waals surface area contributed by atoms with Crippen LogP contribution in [0.15, 0.2) is 34.9 Å². The third-order valence-electron chi connectivity index (χ3n) is 4.27. The molecule has 0 fully saturated rings. The summed E-state index contributed by atoms with van der Waals surface area (Å²) < 4.78 is 7.11. The molecule has 0 aromatic carbocycles. The highest BCUT2D eigenvalue weighted by atomic mass is 16.5. The van der Waals surface area contributed by atoms with Gasteiger partial charge in [-0.2, -0.15) is 0 Å². The Morgan fingerprint density at radius 2 is 2.31 bits per heavy atom. The fourth-order valence-corrected chi connectivity index (χ4v) is 2.78. The molecule has 1 amide bonds. The zero-order valence-corrected chi connectivity index (χ0v) is 14.6. The molecule has 4 N–H and O–H groups in total. The standard InChI is InChI=1S/C17H21N5O4/c1-10-13(20-9-21-16(10)24)8-22-7-12(17(25)18-3-4-23)15-14(22)5-11(26-2)6-19-15/h5-7,9,13,23-24H,3-4,8H2,1-2H3,(H,18,25)(H,20,21). The van der Waals surface area contributed by atoms with Gasteiger partial charge in [-0.3, -0.25) is 9.79 Å². The summed E-state index contributed by atoms with van der Waals surface area (Å²) in [6, 6.07) is 1.53. The summed E-state index contributed by atoms with van der Waals surface area (Å²) in [5.41, 5.74) is 2.36. The van der Waals surface area contributed by atoms with E-state index in [2.05, 4.69) is 20.6 Å². The Morgan fingerprint density at radius 3 is 3.04 bits per heavy atom. The van der Waals surface area contributed by atoms with Crippen molar-refractivity contribution >= 4 is 23.3 Å². The number of amides is 1. The van der Waals surface area contributed by atoms with Gasteiger partial charge in [-0.25, -0.2) is 4.98 Å². The van der Waals surface area contributed by atoms with Crippen LogP contribution in [-0.2, 0) is 6.54 Å². The van der Waals surface area contributed by atoms with E-state index in [1.165, 1.54) is 6.34 Å². The number of nitrogens with zero attached hydrogens (tertiary/aromatic N) is 3. The first-order chi connectivity index (χ1) is 12.5. The summed E-state index contributed by atoms with van der Waals surface area (Å²) >= 11 is 0. The van der Waals surface area contributed by atoms with E-state index in [-0.39, 0.29) is 31.0 Å². The first kappa shape index (κ1) is 17.7. The maximum atomic E-state index is 12.4. The molecule has 1 aliphatic rings. The van der Waals surface area contributed by atoms with Crippen LogP contribution in [0, 0.1) is 0 Å². The van der Waals surface area contributed by atoms with Crippen LogP contribution in [0.1, 0.15) is 17.3 Å². The Hall–Kier alpha value is -3.07. The predicted molar refractivity (Wildman–Crippen MR) is 96.4 cm³/mol. The van der Waals surface area contributed by atoms with Crippen molar-refractivity contribution in [2.75, 3.05) is 20.3 Å². The molecule has 0 bridgehead atoms. The molecule has 1 atom stereocenters. The second-order valence-electron chi connectivity index (χ2n) is 5.89. The number of ether oxygens (including phenoxy) is 1. The molecule has 2 aromatic rings. The van der Waals surface area contributed by atoms with Crippen molar-refractivity contribution in [3.63, 3.8) is 0 Å². The van der Waals surface area contributed by atoms with Crippen molar-refractivity contribution in [3.8, 4) is 5.75 Å². The van der Waals surface area contributed by atoms with Crippen molar-refractivity contribution in [3.05, 3.63) is 35.5 Å². The van der Waals surface area contributed by atoms with Crippen molar-refractivity contribution < 1.29 is 19.7 Å². The van der Waals surface area contributed by atoms with Crippen LogP contribution in [0.5, 0.6) is 5.75 Å². The van der Waals surface area contributed by atoms with Crippen LogP contribution in [-0.4, -0.2) is 58.3 Å². The van der Waals surface area contributed by atoms with Crippen molar-refractivity contribution in [1.82, 2.24) is 20.2 Å². The van der Waals surface area contributed by atoms with E-state index in [9.17, 15) is 9.90 Å². The van der Waals surface area contributed by atoms with Crippen LogP contribution >= 0.6 is 0 Å². The fourth-order valence-electron chi connectivity index (χ4n) is 2.78. The number of carbonyl (C=O) groups is 1. The highest BCUT2D eigenvalue weighted by Gasteiger charge is 2.22. The molecule has 9 nitrogen and oxygen atoms in total. The SMILES string of the molecule is COc1cnc2c(C(=O)NCCO)cn(CC3N=CNC(O)=C3C)c2c1. The van der Waals surface area contributed by atoms with E-state index in [0.29, 0.717) is 28.9 Å². The normalized spacial score (nSPS) is 16.7. The average molecular weight is 359 g/mol. The van der Waals surface area contributed by atoms with E-state index >= 15 is 0 Å². The number of aliphatic hydroxyl groups excluding tert-OH is 2. The molecular weight excluding hydrogens is 338 g/mol. The predicted octanol–water partition coefficient (Wildman–Crippen LogP) is 0.557. The number of aromatic nitrogens is 2. The zero-order chi connectivity index (χ0) is 18.7. The summed E-state index contributed by atoms with van der Waals surface area (Å²) in [6.07, 6.45) is 4.70. The highest BCUT2D eigenvalue weighted by Crippen LogP contribution is 2.25. The van der Waals surface area contributed by atoms with E-state index < -0.39 is 0 Å². The van der Waals surface area contributed by atoms with Crippen molar-refractivity contribution in [2.45, 2.75) is 19.5 Å². The minimum Gasteiger partial charge on any atom is -0.495 e. The van der Waals surface area contributed by atoms with E-state index in [0.717, 1.165) is 5.52 Å². The summed E-state index contributed by atoms with van der Waals surface area (Å²) in [5.74, 6) is 0.338. The second kappa shape index (κ2) is 7.44. The monoisotopic (exact) mass is 359 g/mol. The lowest BCUT2D eigenvalue weighted by molar-refractivity contribution is 0.0946. The number of aliphatic imine (C=N–C) groups is 1. The topological polar surface area (TPSA) is 121 Å². The number of pyridine rings is 1. The maximum absolute atomic E-state index is 12.4.